The van der Waals surface area contributed by atoms with Crippen molar-refractivity contribution < 1.29 is 4.39 Å². The van der Waals surface area contributed by atoms with Crippen LogP contribution in [0.1, 0.15) is 23.7 Å². The number of hydrogen-bond donors (Lipinski definition) is 1. The lowest BCUT2D eigenvalue weighted by molar-refractivity contribution is 0.309. The molecule has 1 aromatic carbocycles. The quantitative estimate of drug-likeness (QED) is 0.848. The first-order valence-corrected chi connectivity index (χ1v) is 7.25. The number of nitrogens with one attached hydrogen (secondary N) is 1. The van der Waals surface area contributed by atoms with E-state index in [9.17, 15) is 4.39 Å². The van der Waals surface area contributed by atoms with E-state index in [0.29, 0.717) is 18.7 Å². The standard InChI is InChI=1S/C17H22FN3/c1-3-19-10-14-8-9-16(20-11-14)13-21(2)12-15-6-4-5-7-17(15)18/h4-9,11,19H,3,10,12-13H2,1-2H3. The molecular formula is C17H22FN3. The van der Waals surface area contributed by atoms with Gasteiger partial charge in [-0.05, 0) is 31.3 Å². The average Bonchev–Trinajstić information content (AvgIpc) is 2.49. The van der Waals surface area contributed by atoms with Gasteiger partial charge in [-0.15, -0.1) is 0 Å². The SMILES string of the molecule is CCNCc1ccc(CN(C)Cc2ccccc2F)nc1. The highest BCUT2D eigenvalue weighted by molar-refractivity contribution is 5.18. The molecule has 0 radical (unpaired) electrons. The van der Waals surface area contributed by atoms with Crippen molar-refractivity contribution in [1.29, 1.82) is 0 Å². The van der Waals surface area contributed by atoms with Crippen molar-refractivity contribution in [2.24, 2.45) is 0 Å². The molecule has 0 spiro atoms. The largest absolute Gasteiger partial charge is 0.313 e. The molecule has 1 heterocycles. The lowest BCUT2D eigenvalue weighted by atomic mass is 10.2. The summed E-state index contributed by atoms with van der Waals surface area (Å²) in [7, 11) is 1.97. The third-order valence-electron chi connectivity index (χ3n) is 3.30. The van der Waals surface area contributed by atoms with Crippen LogP contribution in [0.2, 0.25) is 0 Å². The fourth-order valence-electron chi connectivity index (χ4n) is 2.17. The Morgan fingerprint density at radius 1 is 1.14 bits per heavy atom. The number of nitrogens with zero attached hydrogens (tertiary/aromatic N) is 2. The maximum Gasteiger partial charge on any atom is 0.127 e. The maximum absolute atomic E-state index is 13.6. The van der Waals surface area contributed by atoms with Gasteiger partial charge in [0.05, 0.1) is 5.69 Å². The second-order valence-electron chi connectivity index (χ2n) is 5.20. The summed E-state index contributed by atoms with van der Waals surface area (Å²) in [5, 5.41) is 3.27. The first-order valence-electron chi connectivity index (χ1n) is 7.25. The minimum absolute atomic E-state index is 0.154. The molecule has 4 heteroatoms. The molecule has 0 unspecified atom stereocenters. The van der Waals surface area contributed by atoms with Crippen LogP contribution in [0.5, 0.6) is 0 Å². The molecular weight excluding hydrogens is 265 g/mol. The summed E-state index contributed by atoms with van der Waals surface area (Å²) in [6.07, 6.45) is 1.90. The summed E-state index contributed by atoms with van der Waals surface area (Å²) in [5.74, 6) is -0.154. The van der Waals surface area contributed by atoms with Crippen LogP contribution < -0.4 is 5.32 Å². The molecule has 0 aliphatic carbocycles. The van der Waals surface area contributed by atoms with E-state index >= 15 is 0 Å². The zero-order valence-electron chi connectivity index (χ0n) is 12.6. The number of pyridine rings is 1. The van der Waals surface area contributed by atoms with Gasteiger partial charge in [0.2, 0.25) is 0 Å². The topological polar surface area (TPSA) is 28.2 Å². The summed E-state index contributed by atoms with van der Waals surface area (Å²) < 4.78 is 13.6. The highest BCUT2D eigenvalue weighted by Gasteiger charge is 2.06. The Morgan fingerprint density at radius 2 is 1.95 bits per heavy atom. The van der Waals surface area contributed by atoms with E-state index in [4.69, 9.17) is 0 Å². The fourth-order valence-corrected chi connectivity index (χ4v) is 2.17. The van der Waals surface area contributed by atoms with E-state index in [1.165, 1.54) is 11.6 Å². The van der Waals surface area contributed by atoms with Gasteiger partial charge >= 0.3 is 0 Å². The van der Waals surface area contributed by atoms with Crippen molar-refractivity contribution >= 4 is 0 Å². The molecule has 2 aromatic rings. The van der Waals surface area contributed by atoms with E-state index in [1.807, 2.05) is 31.4 Å². The first kappa shape index (κ1) is 15.6. The molecule has 0 saturated carbocycles. The van der Waals surface area contributed by atoms with Crippen molar-refractivity contribution in [3.63, 3.8) is 0 Å². The van der Waals surface area contributed by atoms with Crippen molar-refractivity contribution in [2.45, 2.75) is 26.6 Å². The minimum atomic E-state index is -0.154. The molecule has 0 aliphatic rings. The Kier molecular flexibility index (Phi) is 5.84. The van der Waals surface area contributed by atoms with Gasteiger partial charge in [0.1, 0.15) is 5.82 Å². The Balaban J connectivity index is 1.90. The molecule has 0 amide bonds. The summed E-state index contributed by atoms with van der Waals surface area (Å²) in [4.78, 5) is 6.52. The van der Waals surface area contributed by atoms with Crippen LogP contribution in [0.25, 0.3) is 0 Å². The summed E-state index contributed by atoms with van der Waals surface area (Å²) in [5.41, 5.74) is 2.88. The highest BCUT2D eigenvalue weighted by Crippen LogP contribution is 2.11. The van der Waals surface area contributed by atoms with Gasteiger partial charge in [-0.3, -0.25) is 9.88 Å². The van der Waals surface area contributed by atoms with Gasteiger partial charge in [-0.25, -0.2) is 4.39 Å². The van der Waals surface area contributed by atoms with Crippen LogP contribution in [0.3, 0.4) is 0 Å². The molecule has 1 N–H and O–H groups in total. The summed E-state index contributed by atoms with van der Waals surface area (Å²) >= 11 is 0. The number of halogens is 1. The fraction of sp³-hybridized carbons (Fsp3) is 0.353. The zero-order valence-corrected chi connectivity index (χ0v) is 12.6. The molecule has 21 heavy (non-hydrogen) atoms. The maximum atomic E-state index is 13.6. The Hall–Kier alpha value is -1.78. The normalized spacial score (nSPS) is 11.0. The molecule has 3 nitrogen and oxygen atoms in total. The van der Waals surface area contributed by atoms with Crippen molar-refractivity contribution in [1.82, 2.24) is 15.2 Å². The van der Waals surface area contributed by atoms with Gasteiger partial charge in [-0.2, -0.15) is 0 Å². The van der Waals surface area contributed by atoms with Crippen LogP contribution in [0, 0.1) is 5.82 Å². The van der Waals surface area contributed by atoms with Crippen LogP contribution in [-0.2, 0) is 19.6 Å². The second-order valence-corrected chi connectivity index (χ2v) is 5.20. The van der Waals surface area contributed by atoms with Crippen LogP contribution in [0.15, 0.2) is 42.6 Å². The van der Waals surface area contributed by atoms with Gasteiger partial charge in [0.25, 0.3) is 0 Å². The van der Waals surface area contributed by atoms with Crippen molar-refractivity contribution in [3.05, 3.63) is 65.2 Å². The number of benzene rings is 1. The number of aromatic nitrogens is 1. The van der Waals surface area contributed by atoms with Gasteiger partial charge in [0, 0.05) is 31.4 Å². The monoisotopic (exact) mass is 287 g/mol. The number of rotatable bonds is 7. The van der Waals surface area contributed by atoms with E-state index in [1.54, 1.807) is 6.07 Å². The molecule has 2 rings (SSSR count). The predicted octanol–water partition coefficient (Wildman–Crippen LogP) is 2.96. The molecule has 0 atom stereocenters. The third kappa shape index (κ3) is 4.92. The molecule has 112 valence electrons. The summed E-state index contributed by atoms with van der Waals surface area (Å²) in [6.45, 7) is 5.16. The van der Waals surface area contributed by atoms with E-state index in [0.717, 1.165) is 18.8 Å². The van der Waals surface area contributed by atoms with E-state index in [2.05, 4.69) is 28.2 Å². The molecule has 0 fully saturated rings. The third-order valence-corrected chi connectivity index (χ3v) is 3.30. The molecule has 1 aromatic heterocycles. The lowest BCUT2D eigenvalue weighted by Gasteiger charge is -2.16. The number of hydrogen-bond acceptors (Lipinski definition) is 3. The minimum Gasteiger partial charge on any atom is -0.313 e. The Bertz CT molecular complexity index is 554. The Labute approximate surface area is 125 Å². The van der Waals surface area contributed by atoms with Crippen molar-refractivity contribution in [3.8, 4) is 0 Å². The van der Waals surface area contributed by atoms with Crippen LogP contribution in [-0.4, -0.2) is 23.5 Å². The van der Waals surface area contributed by atoms with Gasteiger partial charge in [-0.1, -0.05) is 31.2 Å². The lowest BCUT2D eigenvalue weighted by Crippen LogP contribution is -2.19. The first-order chi connectivity index (χ1) is 10.2. The van der Waals surface area contributed by atoms with Crippen LogP contribution in [0.4, 0.5) is 4.39 Å². The molecule has 0 bridgehead atoms. The van der Waals surface area contributed by atoms with E-state index in [-0.39, 0.29) is 5.82 Å². The van der Waals surface area contributed by atoms with E-state index < -0.39 is 0 Å². The second kappa shape index (κ2) is 7.86. The molecule has 0 aliphatic heterocycles. The average molecular weight is 287 g/mol. The predicted molar refractivity (Wildman–Crippen MR) is 83.2 cm³/mol. The van der Waals surface area contributed by atoms with Gasteiger partial charge in [0.15, 0.2) is 0 Å². The highest BCUT2D eigenvalue weighted by atomic mass is 19.1. The zero-order chi connectivity index (χ0) is 15.1. The van der Waals surface area contributed by atoms with Crippen molar-refractivity contribution in [2.75, 3.05) is 13.6 Å². The molecule has 0 saturated heterocycles. The van der Waals surface area contributed by atoms with Crippen LogP contribution >= 0.6 is 0 Å². The smallest absolute Gasteiger partial charge is 0.127 e. The van der Waals surface area contributed by atoms with Gasteiger partial charge < -0.3 is 5.32 Å². The summed E-state index contributed by atoms with van der Waals surface area (Å²) in [6, 6.07) is 11.0. The Morgan fingerprint density at radius 3 is 2.62 bits per heavy atom.